The normalized spacial score (nSPS) is 20.8. The molecule has 0 aliphatic carbocycles. The van der Waals surface area contributed by atoms with Crippen molar-refractivity contribution in [2.45, 2.75) is 39.2 Å². The van der Waals surface area contributed by atoms with E-state index in [2.05, 4.69) is 23.6 Å². The Morgan fingerprint density at radius 1 is 1.17 bits per heavy atom. The second-order valence-electron chi connectivity index (χ2n) is 5.07. The summed E-state index contributed by atoms with van der Waals surface area (Å²) in [5.74, 6) is 0. The Morgan fingerprint density at radius 2 is 2.00 bits per heavy atom. The van der Waals surface area contributed by atoms with Crippen LogP contribution in [0.4, 0.5) is 0 Å². The average molecular weight is 257 g/mol. The minimum Gasteiger partial charge on any atom is -0.380 e. The fourth-order valence-electron chi connectivity index (χ4n) is 2.75. The first-order valence-corrected chi connectivity index (χ1v) is 7.56. The molecule has 108 valence electrons. The molecule has 0 radical (unpaired) electrons. The summed E-state index contributed by atoms with van der Waals surface area (Å²) >= 11 is 0. The van der Waals surface area contributed by atoms with Crippen molar-refractivity contribution in [2.75, 3.05) is 52.5 Å². The highest BCUT2D eigenvalue weighted by molar-refractivity contribution is 4.76. The molecule has 1 saturated heterocycles. The van der Waals surface area contributed by atoms with Crippen molar-refractivity contribution in [2.24, 2.45) is 5.73 Å². The summed E-state index contributed by atoms with van der Waals surface area (Å²) in [6.45, 7) is 12.7. The molecule has 4 heteroatoms. The van der Waals surface area contributed by atoms with Crippen LogP contribution in [0.1, 0.15) is 33.1 Å². The number of nitrogens with zero attached hydrogens (tertiary/aromatic N) is 2. The van der Waals surface area contributed by atoms with E-state index in [1.165, 1.54) is 39.0 Å². The van der Waals surface area contributed by atoms with Crippen LogP contribution in [0.15, 0.2) is 0 Å². The fourth-order valence-corrected chi connectivity index (χ4v) is 2.75. The largest absolute Gasteiger partial charge is 0.380 e. The summed E-state index contributed by atoms with van der Waals surface area (Å²) < 4.78 is 5.44. The zero-order valence-electron chi connectivity index (χ0n) is 12.2. The van der Waals surface area contributed by atoms with Crippen molar-refractivity contribution in [1.29, 1.82) is 0 Å². The monoisotopic (exact) mass is 257 g/mol. The lowest BCUT2D eigenvalue weighted by Gasteiger charge is -2.29. The van der Waals surface area contributed by atoms with Crippen molar-refractivity contribution in [3.8, 4) is 0 Å². The van der Waals surface area contributed by atoms with Crippen LogP contribution < -0.4 is 5.73 Å². The number of hydrogen-bond acceptors (Lipinski definition) is 4. The second-order valence-corrected chi connectivity index (χ2v) is 5.07. The third kappa shape index (κ3) is 5.65. The molecule has 4 nitrogen and oxygen atoms in total. The predicted molar refractivity (Wildman–Crippen MR) is 76.9 cm³/mol. The SMILES string of the molecule is CCOCCN1CCCN(C(CC)CCN)CC1. The van der Waals surface area contributed by atoms with Crippen LogP contribution in [0.3, 0.4) is 0 Å². The van der Waals surface area contributed by atoms with Crippen LogP contribution in [-0.2, 0) is 4.74 Å². The van der Waals surface area contributed by atoms with Gasteiger partial charge in [-0.05, 0) is 45.8 Å². The van der Waals surface area contributed by atoms with E-state index in [9.17, 15) is 0 Å². The zero-order chi connectivity index (χ0) is 13.2. The van der Waals surface area contributed by atoms with Crippen LogP contribution in [0, 0.1) is 0 Å². The molecule has 1 rings (SSSR count). The predicted octanol–water partition coefficient (Wildman–Crippen LogP) is 1.16. The highest BCUT2D eigenvalue weighted by atomic mass is 16.5. The van der Waals surface area contributed by atoms with Crippen molar-refractivity contribution in [3.05, 3.63) is 0 Å². The van der Waals surface area contributed by atoms with Crippen LogP contribution in [-0.4, -0.2) is 68.3 Å². The molecule has 1 atom stereocenters. The molecule has 1 aliphatic rings. The molecule has 0 aromatic carbocycles. The van der Waals surface area contributed by atoms with Gasteiger partial charge < -0.3 is 10.5 Å². The van der Waals surface area contributed by atoms with Gasteiger partial charge in [0, 0.05) is 32.3 Å². The van der Waals surface area contributed by atoms with Gasteiger partial charge >= 0.3 is 0 Å². The van der Waals surface area contributed by atoms with Gasteiger partial charge in [0.2, 0.25) is 0 Å². The molecule has 18 heavy (non-hydrogen) atoms. The Hall–Kier alpha value is -0.160. The van der Waals surface area contributed by atoms with E-state index in [0.717, 1.165) is 32.7 Å². The third-order valence-corrected chi connectivity index (χ3v) is 3.87. The summed E-state index contributed by atoms with van der Waals surface area (Å²) in [6, 6.07) is 0.682. The Bertz CT molecular complexity index is 201. The first-order chi connectivity index (χ1) is 8.81. The van der Waals surface area contributed by atoms with Gasteiger partial charge in [0.25, 0.3) is 0 Å². The quantitative estimate of drug-likeness (QED) is 0.663. The molecule has 0 bridgehead atoms. The van der Waals surface area contributed by atoms with Crippen LogP contribution in [0.5, 0.6) is 0 Å². The summed E-state index contributed by atoms with van der Waals surface area (Å²) in [4.78, 5) is 5.17. The van der Waals surface area contributed by atoms with E-state index >= 15 is 0 Å². The molecule has 0 amide bonds. The highest BCUT2D eigenvalue weighted by Crippen LogP contribution is 2.12. The summed E-state index contributed by atoms with van der Waals surface area (Å²) in [5.41, 5.74) is 5.71. The van der Waals surface area contributed by atoms with Crippen molar-refractivity contribution in [1.82, 2.24) is 9.80 Å². The molecule has 0 spiro atoms. The number of ether oxygens (including phenoxy) is 1. The van der Waals surface area contributed by atoms with Gasteiger partial charge in [-0.2, -0.15) is 0 Å². The van der Waals surface area contributed by atoms with Gasteiger partial charge in [-0.1, -0.05) is 6.92 Å². The van der Waals surface area contributed by atoms with E-state index < -0.39 is 0 Å². The Kier molecular flexibility index (Phi) is 8.59. The van der Waals surface area contributed by atoms with Crippen molar-refractivity contribution in [3.63, 3.8) is 0 Å². The standard InChI is InChI=1S/C14H31N3O/c1-3-14(6-7-15)17-9-5-8-16(10-11-17)12-13-18-4-2/h14H,3-13,15H2,1-2H3. The molecular formula is C14H31N3O. The summed E-state index contributed by atoms with van der Waals surface area (Å²) in [7, 11) is 0. The first kappa shape index (κ1) is 15.9. The maximum absolute atomic E-state index is 5.71. The van der Waals surface area contributed by atoms with Crippen LogP contribution in [0.25, 0.3) is 0 Å². The lowest BCUT2D eigenvalue weighted by molar-refractivity contribution is 0.113. The van der Waals surface area contributed by atoms with E-state index in [1.54, 1.807) is 0 Å². The Balaban J connectivity index is 2.30. The van der Waals surface area contributed by atoms with Gasteiger partial charge in [-0.15, -0.1) is 0 Å². The topological polar surface area (TPSA) is 41.7 Å². The van der Waals surface area contributed by atoms with Gasteiger partial charge in [0.15, 0.2) is 0 Å². The molecule has 1 aliphatic heterocycles. The average Bonchev–Trinajstić information content (AvgIpc) is 2.62. The van der Waals surface area contributed by atoms with E-state index in [0.29, 0.717) is 6.04 Å². The van der Waals surface area contributed by atoms with Gasteiger partial charge in [0.1, 0.15) is 0 Å². The Morgan fingerprint density at radius 3 is 2.67 bits per heavy atom. The first-order valence-electron chi connectivity index (χ1n) is 7.56. The minimum atomic E-state index is 0.682. The number of rotatable bonds is 8. The molecule has 0 saturated carbocycles. The molecule has 2 N–H and O–H groups in total. The fraction of sp³-hybridized carbons (Fsp3) is 1.00. The maximum Gasteiger partial charge on any atom is 0.0593 e. The highest BCUT2D eigenvalue weighted by Gasteiger charge is 2.20. The number of hydrogen-bond donors (Lipinski definition) is 1. The molecule has 0 aromatic heterocycles. The van der Waals surface area contributed by atoms with E-state index in [-0.39, 0.29) is 0 Å². The van der Waals surface area contributed by atoms with E-state index in [1.807, 2.05) is 0 Å². The number of nitrogens with two attached hydrogens (primary N) is 1. The van der Waals surface area contributed by atoms with E-state index in [4.69, 9.17) is 10.5 Å². The second kappa shape index (κ2) is 9.73. The summed E-state index contributed by atoms with van der Waals surface area (Å²) in [5, 5.41) is 0. The van der Waals surface area contributed by atoms with Crippen LogP contribution in [0.2, 0.25) is 0 Å². The lowest BCUT2D eigenvalue weighted by atomic mass is 10.1. The summed E-state index contributed by atoms with van der Waals surface area (Å²) in [6.07, 6.45) is 3.62. The molecular weight excluding hydrogens is 226 g/mol. The van der Waals surface area contributed by atoms with Gasteiger partial charge in [-0.25, -0.2) is 0 Å². The van der Waals surface area contributed by atoms with Crippen LogP contribution >= 0.6 is 0 Å². The molecule has 1 unspecified atom stereocenters. The third-order valence-electron chi connectivity index (χ3n) is 3.87. The molecule has 1 fully saturated rings. The lowest BCUT2D eigenvalue weighted by Crippen LogP contribution is -2.39. The molecule has 0 aromatic rings. The van der Waals surface area contributed by atoms with Crippen molar-refractivity contribution >= 4 is 0 Å². The zero-order valence-corrected chi connectivity index (χ0v) is 12.2. The smallest absolute Gasteiger partial charge is 0.0593 e. The van der Waals surface area contributed by atoms with Gasteiger partial charge in [-0.3, -0.25) is 9.80 Å². The minimum absolute atomic E-state index is 0.682. The van der Waals surface area contributed by atoms with Gasteiger partial charge in [0.05, 0.1) is 6.61 Å². The Labute approximate surface area is 112 Å². The molecule has 1 heterocycles. The van der Waals surface area contributed by atoms with Crippen molar-refractivity contribution < 1.29 is 4.74 Å². The maximum atomic E-state index is 5.71.